The van der Waals surface area contributed by atoms with E-state index < -0.39 is 6.04 Å². The maximum Gasteiger partial charge on any atom is 0.170 e. The van der Waals surface area contributed by atoms with E-state index in [1.807, 2.05) is 18.2 Å². The fourth-order valence-electron chi connectivity index (χ4n) is 1.77. The molecule has 5 nitrogen and oxygen atoms in total. The van der Waals surface area contributed by atoms with Crippen LogP contribution >= 0.6 is 15.9 Å². The predicted octanol–water partition coefficient (Wildman–Crippen LogP) is 2.01. The molecule has 1 atom stereocenters. The summed E-state index contributed by atoms with van der Waals surface area (Å²) in [5.74, 6) is 0.654. The highest BCUT2D eigenvalue weighted by Gasteiger charge is 2.33. The molecule has 1 aromatic rings. The summed E-state index contributed by atoms with van der Waals surface area (Å²) in [7, 11) is 1.51. The summed E-state index contributed by atoms with van der Waals surface area (Å²) in [5, 5.41) is 2.05. The number of carbonyl (C=O) groups excluding carboxylic acids is 1. The van der Waals surface area contributed by atoms with Crippen LogP contribution in [-0.4, -0.2) is 30.7 Å². The molecule has 18 heavy (non-hydrogen) atoms. The number of hydrogen-bond donors (Lipinski definition) is 0. The number of benzene rings is 1. The van der Waals surface area contributed by atoms with Gasteiger partial charge in [-0.3, -0.25) is 0 Å². The Hall–Kier alpha value is -0.950. The third-order valence-corrected chi connectivity index (χ3v) is 3.02. The molecule has 1 heterocycles. The first-order valence-electron chi connectivity index (χ1n) is 5.53. The summed E-state index contributed by atoms with van der Waals surface area (Å²) in [6.07, 6.45) is 1.69. The molecule has 0 fully saturated rings. The second kappa shape index (κ2) is 6.29. The summed E-state index contributed by atoms with van der Waals surface area (Å²) in [6.45, 7) is 0.0343. The minimum absolute atomic E-state index is 0.0343. The number of hydroxylamine groups is 2. The number of aryl methyl sites for hydroxylation is 1. The van der Waals surface area contributed by atoms with E-state index in [0.29, 0.717) is 5.75 Å². The fraction of sp³-hybridized carbons (Fsp3) is 0.417. The lowest BCUT2D eigenvalue weighted by molar-refractivity contribution is -0.348. The monoisotopic (exact) mass is 315 g/mol. The van der Waals surface area contributed by atoms with Gasteiger partial charge in [0.15, 0.2) is 18.6 Å². The van der Waals surface area contributed by atoms with Crippen molar-refractivity contribution >= 4 is 22.2 Å². The molecule has 0 aliphatic carbocycles. The Morgan fingerprint density at radius 3 is 3.06 bits per heavy atom. The number of halogens is 1. The van der Waals surface area contributed by atoms with Gasteiger partial charge in [-0.25, -0.2) is 4.84 Å². The van der Waals surface area contributed by atoms with E-state index in [-0.39, 0.29) is 6.79 Å². The van der Waals surface area contributed by atoms with Gasteiger partial charge < -0.3 is 14.4 Å². The molecule has 0 radical (unpaired) electrons. The van der Waals surface area contributed by atoms with Gasteiger partial charge >= 0.3 is 0 Å². The van der Waals surface area contributed by atoms with E-state index in [1.165, 1.54) is 12.3 Å². The summed E-state index contributed by atoms with van der Waals surface area (Å²) >= 11 is 3.39. The number of methoxy groups -OCH3 is 1. The zero-order valence-electron chi connectivity index (χ0n) is 9.97. The number of carbonyl (C=O) groups is 1. The quantitative estimate of drug-likeness (QED) is 0.456. The summed E-state index contributed by atoms with van der Waals surface area (Å²) in [5.41, 5.74) is 1.95. The van der Waals surface area contributed by atoms with Crippen molar-refractivity contribution in [2.24, 2.45) is 0 Å². The smallest absolute Gasteiger partial charge is 0.170 e. The van der Waals surface area contributed by atoms with E-state index >= 15 is 0 Å². The van der Waals surface area contributed by atoms with Gasteiger partial charge in [0, 0.05) is 18.0 Å². The number of nitrogens with zero attached hydrogens (tertiary/aromatic N) is 1. The zero-order chi connectivity index (χ0) is 13.0. The largest absolute Gasteiger partial charge is 0.379 e. The van der Waals surface area contributed by atoms with Crippen LogP contribution in [0.4, 0.5) is 0 Å². The number of rotatable bonds is 6. The molecule has 98 valence electrons. The highest BCUT2D eigenvalue weighted by Crippen LogP contribution is 2.37. The molecule has 2 rings (SSSR count). The van der Waals surface area contributed by atoms with Crippen molar-refractivity contribution in [1.29, 1.82) is 0 Å². The van der Waals surface area contributed by atoms with Crippen LogP contribution in [-0.2, 0) is 20.8 Å². The minimum Gasteiger partial charge on any atom is -0.379 e. The lowest BCUT2D eigenvalue weighted by atomic mass is 10.0. The van der Waals surface area contributed by atoms with Crippen molar-refractivity contribution in [2.75, 3.05) is 19.2 Å². The van der Waals surface area contributed by atoms with Crippen LogP contribution in [0.2, 0.25) is 0 Å². The highest BCUT2D eigenvalue weighted by molar-refractivity contribution is 9.09. The first-order valence-corrected chi connectivity index (χ1v) is 6.65. The van der Waals surface area contributed by atoms with Crippen LogP contribution in [0.3, 0.4) is 0 Å². The van der Waals surface area contributed by atoms with Gasteiger partial charge in [-0.1, -0.05) is 28.1 Å². The first kappa shape index (κ1) is 13.5. The number of aldehydes is 1. The molecule has 0 N–H and O–H groups in total. The maximum absolute atomic E-state index is 11.1. The average Bonchev–Trinajstić information content (AvgIpc) is 2.73. The van der Waals surface area contributed by atoms with E-state index in [1.54, 1.807) is 0 Å². The van der Waals surface area contributed by atoms with Crippen molar-refractivity contribution in [3.05, 3.63) is 29.3 Å². The molecule has 1 aliphatic rings. The van der Waals surface area contributed by atoms with Gasteiger partial charge in [0.2, 0.25) is 0 Å². The number of ether oxygens (including phenoxy) is 1. The van der Waals surface area contributed by atoms with Gasteiger partial charge in [0.05, 0.1) is 0 Å². The standard InChI is InChI=1S/C12H14BrNO4/c1-16-8-17-14-11(7-15)10-3-2-9(4-5-13)6-12(10)18-14/h2-3,6-7,11H,4-5,8H2,1H3. The Morgan fingerprint density at radius 2 is 2.39 bits per heavy atom. The number of hydrogen-bond acceptors (Lipinski definition) is 5. The van der Waals surface area contributed by atoms with Crippen LogP contribution < -0.4 is 4.84 Å². The third kappa shape index (κ3) is 2.72. The van der Waals surface area contributed by atoms with Crippen LogP contribution in [0.1, 0.15) is 17.2 Å². The number of fused-ring (bicyclic) bond motifs is 1. The Kier molecular flexibility index (Phi) is 4.71. The lowest BCUT2D eigenvalue weighted by Crippen LogP contribution is -2.28. The molecule has 1 unspecified atom stereocenters. The Morgan fingerprint density at radius 1 is 1.56 bits per heavy atom. The molecule has 0 saturated carbocycles. The Bertz CT molecular complexity index is 427. The molecule has 6 heteroatoms. The summed E-state index contributed by atoms with van der Waals surface area (Å²) in [6, 6.07) is 5.25. The molecule has 1 aromatic carbocycles. The van der Waals surface area contributed by atoms with E-state index in [9.17, 15) is 4.79 Å². The fourth-order valence-corrected chi connectivity index (χ4v) is 2.23. The molecule has 0 aromatic heterocycles. The van der Waals surface area contributed by atoms with E-state index in [4.69, 9.17) is 14.4 Å². The topological polar surface area (TPSA) is 48.0 Å². The van der Waals surface area contributed by atoms with Crippen LogP contribution in [0.15, 0.2) is 18.2 Å². The van der Waals surface area contributed by atoms with Crippen molar-refractivity contribution < 1.29 is 19.2 Å². The van der Waals surface area contributed by atoms with Crippen molar-refractivity contribution in [1.82, 2.24) is 5.23 Å². The van der Waals surface area contributed by atoms with Crippen LogP contribution in [0.25, 0.3) is 0 Å². The minimum atomic E-state index is -0.548. The highest BCUT2D eigenvalue weighted by atomic mass is 79.9. The van der Waals surface area contributed by atoms with Gasteiger partial charge in [0.25, 0.3) is 0 Å². The normalized spacial score (nSPS) is 18.4. The number of alkyl halides is 1. The third-order valence-electron chi connectivity index (χ3n) is 2.62. The molecular formula is C12H14BrNO4. The zero-order valence-corrected chi connectivity index (χ0v) is 11.6. The maximum atomic E-state index is 11.1. The van der Waals surface area contributed by atoms with Crippen molar-refractivity contribution in [3.8, 4) is 5.75 Å². The van der Waals surface area contributed by atoms with Crippen molar-refractivity contribution in [3.63, 3.8) is 0 Å². The van der Waals surface area contributed by atoms with Gasteiger partial charge in [-0.05, 0) is 23.3 Å². The second-order valence-corrected chi connectivity index (χ2v) is 4.60. The van der Waals surface area contributed by atoms with E-state index in [2.05, 4.69) is 15.9 Å². The average molecular weight is 316 g/mol. The molecule has 1 aliphatic heterocycles. The summed E-state index contributed by atoms with van der Waals surface area (Å²) < 4.78 is 4.79. The van der Waals surface area contributed by atoms with Crippen LogP contribution in [0.5, 0.6) is 5.75 Å². The summed E-state index contributed by atoms with van der Waals surface area (Å²) in [4.78, 5) is 21.8. The van der Waals surface area contributed by atoms with Crippen LogP contribution in [0, 0.1) is 0 Å². The first-order chi connectivity index (χ1) is 8.80. The Balaban J connectivity index is 2.18. The predicted molar refractivity (Wildman–Crippen MR) is 68.2 cm³/mol. The molecule has 0 amide bonds. The van der Waals surface area contributed by atoms with Crippen molar-refractivity contribution in [2.45, 2.75) is 12.5 Å². The molecule has 0 spiro atoms. The second-order valence-electron chi connectivity index (χ2n) is 3.80. The van der Waals surface area contributed by atoms with Gasteiger partial charge in [-0.15, -0.1) is 0 Å². The molecular weight excluding hydrogens is 302 g/mol. The van der Waals surface area contributed by atoms with Gasteiger partial charge in [0.1, 0.15) is 6.29 Å². The molecule has 0 bridgehead atoms. The van der Waals surface area contributed by atoms with E-state index in [0.717, 1.165) is 29.2 Å². The Labute approximate surface area is 114 Å². The van der Waals surface area contributed by atoms with Gasteiger partial charge in [-0.2, -0.15) is 0 Å². The lowest BCUT2D eigenvalue weighted by Gasteiger charge is -2.16. The molecule has 0 saturated heterocycles. The SMILES string of the molecule is COCON1Oc2cc(CCBr)ccc2C1C=O.